The molecule has 0 aliphatic heterocycles. The third kappa shape index (κ3) is 3.16. The predicted molar refractivity (Wildman–Crippen MR) is 53.0 cm³/mol. The summed E-state index contributed by atoms with van der Waals surface area (Å²) in [6.45, 7) is 0. The van der Waals surface area contributed by atoms with Crippen LogP contribution in [0.15, 0.2) is 28.7 Å². The number of benzene rings is 1. The van der Waals surface area contributed by atoms with Crippen LogP contribution in [-0.2, 0) is 16.1 Å². The highest BCUT2D eigenvalue weighted by atomic mass is 79.9. The van der Waals surface area contributed by atoms with Crippen molar-refractivity contribution in [3.63, 3.8) is 0 Å². The maximum absolute atomic E-state index is 11.1. The van der Waals surface area contributed by atoms with E-state index in [4.69, 9.17) is 0 Å². The Kier molecular flexibility index (Phi) is 3.92. The molecule has 0 aliphatic carbocycles. The van der Waals surface area contributed by atoms with Crippen LogP contribution in [0, 0.1) is 0 Å². The first-order valence-electron chi connectivity index (χ1n) is 3.79. The van der Waals surface area contributed by atoms with Gasteiger partial charge in [0.1, 0.15) is 0 Å². The quantitative estimate of drug-likeness (QED) is 0.821. The van der Waals surface area contributed by atoms with Crippen molar-refractivity contribution < 1.29 is 9.63 Å². The lowest BCUT2D eigenvalue weighted by molar-refractivity contribution is -0.130. The number of hydrogen-bond donors (Lipinski definition) is 1. The van der Waals surface area contributed by atoms with Crippen LogP contribution in [0.4, 0.5) is 0 Å². The second-order valence-electron chi connectivity index (χ2n) is 2.50. The number of carbonyl (C=O) groups is 1. The molecule has 0 saturated heterocycles. The van der Waals surface area contributed by atoms with Crippen LogP contribution < -0.4 is 5.48 Å². The van der Waals surface area contributed by atoms with E-state index < -0.39 is 0 Å². The Balaban J connectivity index is 2.63. The summed E-state index contributed by atoms with van der Waals surface area (Å²) < 4.78 is 0.932. The Labute approximate surface area is 85.2 Å². The van der Waals surface area contributed by atoms with Crippen LogP contribution >= 0.6 is 15.9 Å². The standard InChI is InChI=1S/C9H10BrNO2/c1-13-11-9(12)6-7-4-2-3-5-8(7)10/h2-5H,6H2,1H3,(H,11,12). The molecule has 70 valence electrons. The van der Waals surface area contributed by atoms with Gasteiger partial charge in [-0.3, -0.25) is 9.63 Å². The molecule has 0 bridgehead atoms. The molecule has 1 aromatic rings. The number of halogens is 1. The van der Waals surface area contributed by atoms with Gasteiger partial charge in [0.05, 0.1) is 13.5 Å². The van der Waals surface area contributed by atoms with Crippen LogP contribution in [0.2, 0.25) is 0 Å². The minimum Gasteiger partial charge on any atom is -0.277 e. The van der Waals surface area contributed by atoms with Gasteiger partial charge in [-0.05, 0) is 11.6 Å². The van der Waals surface area contributed by atoms with Crippen molar-refractivity contribution in [3.8, 4) is 0 Å². The lowest BCUT2D eigenvalue weighted by Crippen LogP contribution is -2.23. The van der Waals surface area contributed by atoms with Crippen molar-refractivity contribution >= 4 is 21.8 Å². The fraction of sp³-hybridized carbons (Fsp3) is 0.222. The smallest absolute Gasteiger partial charge is 0.247 e. The Morgan fingerprint density at radius 2 is 2.23 bits per heavy atom. The van der Waals surface area contributed by atoms with Crippen molar-refractivity contribution in [3.05, 3.63) is 34.3 Å². The average Bonchev–Trinajstić information content (AvgIpc) is 2.09. The number of hydrogen-bond acceptors (Lipinski definition) is 2. The second kappa shape index (κ2) is 4.99. The van der Waals surface area contributed by atoms with E-state index in [1.54, 1.807) is 0 Å². The Morgan fingerprint density at radius 1 is 1.54 bits per heavy atom. The van der Waals surface area contributed by atoms with Crippen LogP contribution in [0.5, 0.6) is 0 Å². The summed E-state index contributed by atoms with van der Waals surface area (Å²) in [5.74, 6) is -0.158. The number of rotatable bonds is 3. The lowest BCUT2D eigenvalue weighted by atomic mass is 10.1. The maximum Gasteiger partial charge on any atom is 0.247 e. The molecule has 0 fully saturated rings. The molecule has 0 spiro atoms. The maximum atomic E-state index is 11.1. The normalized spacial score (nSPS) is 9.69. The number of hydroxylamine groups is 1. The molecule has 13 heavy (non-hydrogen) atoms. The zero-order valence-corrected chi connectivity index (χ0v) is 8.80. The molecule has 1 aromatic carbocycles. The van der Waals surface area contributed by atoms with Gasteiger partial charge in [0.25, 0.3) is 0 Å². The third-order valence-corrected chi connectivity index (χ3v) is 2.30. The summed E-state index contributed by atoms with van der Waals surface area (Å²) in [7, 11) is 1.41. The van der Waals surface area contributed by atoms with Crippen molar-refractivity contribution in [2.75, 3.05) is 7.11 Å². The molecule has 0 radical (unpaired) electrons. The monoisotopic (exact) mass is 243 g/mol. The van der Waals surface area contributed by atoms with E-state index in [9.17, 15) is 4.79 Å². The number of nitrogens with one attached hydrogen (secondary N) is 1. The number of carbonyl (C=O) groups excluding carboxylic acids is 1. The lowest BCUT2D eigenvalue weighted by Gasteiger charge is -2.03. The molecular weight excluding hydrogens is 234 g/mol. The Hall–Kier alpha value is -0.870. The van der Waals surface area contributed by atoms with Crippen LogP contribution in [-0.4, -0.2) is 13.0 Å². The predicted octanol–water partition coefficient (Wildman–Crippen LogP) is 1.67. The molecule has 1 rings (SSSR count). The van der Waals surface area contributed by atoms with E-state index in [1.165, 1.54) is 7.11 Å². The van der Waals surface area contributed by atoms with Gasteiger partial charge in [0, 0.05) is 4.47 Å². The molecule has 1 amide bonds. The number of amides is 1. The largest absolute Gasteiger partial charge is 0.277 e. The van der Waals surface area contributed by atoms with Crippen molar-refractivity contribution in [1.82, 2.24) is 5.48 Å². The minimum atomic E-state index is -0.158. The van der Waals surface area contributed by atoms with E-state index in [0.717, 1.165) is 10.0 Å². The molecular formula is C9H10BrNO2. The first kappa shape index (κ1) is 10.2. The molecule has 0 saturated carbocycles. The van der Waals surface area contributed by atoms with Gasteiger partial charge in [-0.2, -0.15) is 0 Å². The fourth-order valence-corrected chi connectivity index (χ4v) is 1.39. The van der Waals surface area contributed by atoms with E-state index in [1.807, 2.05) is 24.3 Å². The summed E-state index contributed by atoms with van der Waals surface area (Å²) in [5, 5.41) is 0. The Bertz CT molecular complexity index is 301. The molecule has 0 heterocycles. The van der Waals surface area contributed by atoms with Gasteiger partial charge < -0.3 is 0 Å². The first-order valence-corrected chi connectivity index (χ1v) is 4.58. The van der Waals surface area contributed by atoms with Gasteiger partial charge in [-0.1, -0.05) is 34.1 Å². The fourth-order valence-electron chi connectivity index (χ4n) is 0.965. The highest BCUT2D eigenvalue weighted by Crippen LogP contribution is 2.15. The summed E-state index contributed by atoms with van der Waals surface area (Å²) >= 11 is 3.36. The van der Waals surface area contributed by atoms with Crippen LogP contribution in [0.1, 0.15) is 5.56 Å². The zero-order chi connectivity index (χ0) is 9.68. The molecule has 1 N–H and O–H groups in total. The average molecular weight is 244 g/mol. The summed E-state index contributed by atoms with van der Waals surface area (Å²) in [6, 6.07) is 7.58. The van der Waals surface area contributed by atoms with Crippen LogP contribution in [0.3, 0.4) is 0 Å². The van der Waals surface area contributed by atoms with Gasteiger partial charge in [-0.25, -0.2) is 5.48 Å². The Morgan fingerprint density at radius 3 is 2.85 bits per heavy atom. The molecule has 0 aromatic heterocycles. The zero-order valence-electron chi connectivity index (χ0n) is 7.21. The molecule has 0 atom stereocenters. The highest BCUT2D eigenvalue weighted by molar-refractivity contribution is 9.10. The van der Waals surface area contributed by atoms with Crippen molar-refractivity contribution in [1.29, 1.82) is 0 Å². The van der Waals surface area contributed by atoms with Gasteiger partial charge in [0.15, 0.2) is 0 Å². The first-order chi connectivity index (χ1) is 6.24. The SMILES string of the molecule is CONC(=O)Cc1ccccc1Br. The summed E-state index contributed by atoms with van der Waals surface area (Å²) in [4.78, 5) is 15.6. The van der Waals surface area contributed by atoms with Gasteiger partial charge >= 0.3 is 0 Å². The summed E-state index contributed by atoms with van der Waals surface area (Å²) in [5.41, 5.74) is 3.20. The van der Waals surface area contributed by atoms with Gasteiger partial charge in [0.2, 0.25) is 5.91 Å². The van der Waals surface area contributed by atoms with Gasteiger partial charge in [-0.15, -0.1) is 0 Å². The van der Waals surface area contributed by atoms with E-state index >= 15 is 0 Å². The second-order valence-corrected chi connectivity index (χ2v) is 3.35. The molecule has 4 heteroatoms. The van der Waals surface area contributed by atoms with Crippen molar-refractivity contribution in [2.45, 2.75) is 6.42 Å². The topological polar surface area (TPSA) is 38.3 Å². The van der Waals surface area contributed by atoms with E-state index in [2.05, 4.69) is 26.2 Å². The minimum absolute atomic E-state index is 0.158. The van der Waals surface area contributed by atoms with E-state index in [-0.39, 0.29) is 5.91 Å². The third-order valence-electron chi connectivity index (χ3n) is 1.52. The van der Waals surface area contributed by atoms with Crippen LogP contribution in [0.25, 0.3) is 0 Å². The van der Waals surface area contributed by atoms with E-state index in [0.29, 0.717) is 6.42 Å². The van der Waals surface area contributed by atoms with Crippen molar-refractivity contribution in [2.24, 2.45) is 0 Å². The molecule has 0 aliphatic rings. The summed E-state index contributed by atoms with van der Waals surface area (Å²) in [6.07, 6.45) is 0.315. The highest BCUT2D eigenvalue weighted by Gasteiger charge is 2.04. The molecule has 3 nitrogen and oxygen atoms in total. The molecule has 0 unspecified atom stereocenters.